The summed E-state index contributed by atoms with van der Waals surface area (Å²) in [5.74, 6) is 1.48. The smallest absolute Gasteiger partial charge is 0.237 e. The van der Waals surface area contributed by atoms with Crippen LogP contribution in [0.3, 0.4) is 0 Å². The summed E-state index contributed by atoms with van der Waals surface area (Å²) in [6.45, 7) is 0. The van der Waals surface area contributed by atoms with E-state index in [1.165, 1.54) is 5.56 Å². The Hall–Kier alpha value is -2.73. The standard InChI is InChI=1S/C21H26N2O4/c1-26-19-11-14-5-6-16(10-15(14)12-20(19)27-2)23-21(25)18(22)9-13-3-7-17(24)8-4-13/h3-4,7-8,11-12,16,18,24H,5-6,9-10,22H2,1-2H3,(H,23,25)/t16-,18?/m0/s1. The molecule has 6 heteroatoms. The van der Waals surface area contributed by atoms with Gasteiger partial charge in [-0.25, -0.2) is 0 Å². The van der Waals surface area contributed by atoms with Crippen LogP contribution >= 0.6 is 0 Å². The highest BCUT2D eigenvalue weighted by atomic mass is 16.5. The molecule has 6 nitrogen and oxygen atoms in total. The van der Waals surface area contributed by atoms with E-state index in [-0.39, 0.29) is 17.7 Å². The number of rotatable bonds is 6. The molecule has 0 fully saturated rings. The summed E-state index contributed by atoms with van der Waals surface area (Å²) in [7, 11) is 3.25. The van der Waals surface area contributed by atoms with Gasteiger partial charge in [0.05, 0.1) is 20.3 Å². The van der Waals surface area contributed by atoms with E-state index in [0.717, 1.165) is 36.1 Å². The molecular formula is C21H26N2O4. The zero-order valence-corrected chi connectivity index (χ0v) is 15.7. The van der Waals surface area contributed by atoms with Crippen LogP contribution in [0.25, 0.3) is 0 Å². The van der Waals surface area contributed by atoms with Crippen LogP contribution in [-0.4, -0.2) is 37.3 Å². The van der Waals surface area contributed by atoms with Crippen molar-refractivity contribution in [2.45, 2.75) is 37.8 Å². The van der Waals surface area contributed by atoms with Crippen molar-refractivity contribution >= 4 is 5.91 Å². The van der Waals surface area contributed by atoms with Crippen molar-refractivity contribution in [3.63, 3.8) is 0 Å². The second-order valence-electron chi connectivity index (χ2n) is 6.90. The van der Waals surface area contributed by atoms with E-state index >= 15 is 0 Å². The minimum atomic E-state index is -0.624. The number of nitrogens with one attached hydrogen (secondary N) is 1. The molecule has 2 atom stereocenters. The number of aromatic hydroxyl groups is 1. The number of aryl methyl sites for hydroxylation is 1. The molecule has 0 aromatic heterocycles. The maximum atomic E-state index is 12.5. The third-order valence-electron chi connectivity index (χ3n) is 5.01. The van der Waals surface area contributed by atoms with Gasteiger partial charge in [-0.15, -0.1) is 0 Å². The van der Waals surface area contributed by atoms with Crippen molar-refractivity contribution in [3.8, 4) is 17.2 Å². The van der Waals surface area contributed by atoms with Crippen molar-refractivity contribution < 1.29 is 19.4 Å². The van der Waals surface area contributed by atoms with Crippen LogP contribution in [0.5, 0.6) is 17.2 Å². The van der Waals surface area contributed by atoms with E-state index in [1.54, 1.807) is 38.5 Å². The van der Waals surface area contributed by atoms with E-state index in [9.17, 15) is 9.90 Å². The van der Waals surface area contributed by atoms with Crippen LogP contribution < -0.4 is 20.5 Å². The number of carbonyl (C=O) groups excluding carboxylic acids is 1. The number of methoxy groups -OCH3 is 2. The number of phenolic OH excluding ortho intramolecular Hbond substituents is 1. The fourth-order valence-corrected chi connectivity index (χ4v) is 3.49. The molecule has 0 heterocycles. The summed E-state index contributed by atoms with van der Waals surface area (Å²) in [5, 5.41) is 12.4. The molecule has 2 aromatic carbocycles. The molecule has 1 aliphatic rings. The first kappa shape index (κ1) is 19.0. The average Bonchev–Trinajstić information content (AvgIpc) is 2.68. The number of carbonyl (C=O) groups is 1. The molecule has 27 heavy (non-hydrogen) atoms. The summed E-state index contributed by atoms with van der Waals surface area (Å²) in [6.07, 6.45) is 2.90. The quantitative estimate of drug-likeness (QED) is 0.723. The van der Waals surface area contributed by atoms with E-state index in [4.69, 9.17) is 15.2 Å². The van der Waals surface area contributed by atoms with Gasteiger partial charge < -0.3 is 25.6 Å². The molecule has 1 amide bonds. The third kappa shape index (κ3) is 4.52. The van der Waals surface area contributed by atoms with E-state index in [1.807, 2.05) is 12.1 Å². The topological polar surface area (TPSA) is 93.8 Å². The van der Waals surface area contributed by atoms with Gasteiger partial charge in [0, 0.05) is 6.04 Å². The molecule has 0 saturated heterocycles. The predicted molar refractivity (Wildman–Crippen MR) is 103 cm³/mol. The van der Waals surface area contributed by atoms with Crippen LogP contribution in [0.1, 0.15) is 23.1 Å². The lowest BCUT2D eigenvalue weighted by molar-refractivity contribution is -0.123. The zero-order valence-electron chi connectivity index (χ0n) is 15.7. The summed E-state index contributed by atoms with van der Waals surface area (Å²) < 4.78 is 10.7. The normalized spacial score (nSPS) is 16.9. The van der Waals surface area contributed by atoms with Crippen molar-refractivity contribution in [1.82, 2.24) is 5.32 Å². The van der Waals surface area contributed by atoms with Gasteiger partial charge in [0.2, 0.25) is 5.91 Å². The SMILES string of the molecule is COc1cc2c(cc1OC)C[C@@H](NC(=O)C(N)Cc1ccc(O)cc1)CC2. The Morgan fingerprint density at radius 2 is 1.81 bits per heavy atom. The summed E-state index contributed by atoms with van der Waals surface area (Å²) in [4.78, 5) is 12.5. The minimum Gasteiger partial charge on any atom is -0.508 e. The first-order chi connectivity index (χ1) is 13.0. The lowest BCUT2D eigenvalue weighted by atomic mass is 9.87. The van der Waals surface area contributed by atoms with Gasteiger partial charge in [0.25, 0.3) is 0 Å². The number of hydrogen-bond donors (Lipinski definition) is 3. The first-order valence-corrected chi connectivity index (χ1v) is 9.07. The van der Waals surface area contributed by atoms with E-state index in [0.29, 0.717) is 12.2 Å². The van der Waals surface area contributed by atoms with Gasteiger partial charge in [-0.3, -0.25) is 4.79 Å². The lowest BCUT2D eigenvalue weighted by Crippen LogP contribution is -2.48. The number of phenols is 1. The molecule has 0 spiro atoms. The second kappa shape index (κ2) is 8.31. The molecule has 0 saturated carbocycles. The summed E-state index contributed by atoms with van der Waals surface area (Å²) in [6, 6.07) is 10.2. The highest BCUT2D eigenvalue weighted by molar-refractivity contribution is 5.82. The monoisotopic (exact) mass is 370 g/mol. The molecule has 1 unspecified atom stereocenters. The molecule has 0 radical (unpaired) electrons. The van der Waals surface area contributed by atoms with Crippen LogP contribution in [-0.2, 0) is 24.1 Å². The Kier molecular flexibility index (Phi) is 5.86. The predicted octanol–water partition coefficient (Wildman–Crippen LogP) is 1.95. The largest absolute Gasteiger partial charge is 0.508 e. The Bertz CT molecular complexity index is 805. The molecule has 144 valence electrons. The number of amides is 1. The minimum absolute atomic E-state index is 0.0500. The van der Waals surface area contributed by atoms with Crippen LogP contribution in [0.2, 0.25) is 0 Å². The van der Waals surface area contributed by atoms with E-state index in [2.05, 4.69) is 5.32 Å². The van der Waals surface area contributed by atoms with Crippen molar-refractivity contribution in [3.05, 3.63) is 53.1 Å². The Morgan fingerprint density at radius 1 is 1.19 bits per heavy atom. The molecule has 4 N–H and O–H groups in total. The number of nitrogens with two attached hydrogens (primary N) is 1. The summed E-state index contributed by atoms with van der Waals surface area (Å²) in [5.41, 5.74) is 9.38. The van der Waals surface area contributed by atoms with E-state index < -0.39 is 6.04 Å². The average molecular weight is 370 g/mol. The lowest BCUT2D eigenvalue weighted by Gasteiger charge is -2.27. The highest BCUT2D eigenvalue weighted by Gasteiger charge is 2.24. The maximum Gasteiger partial charge on any atom is 0.237 e. The van der Waals surface area contributed by atoms with Gasteiger partial charge in [-0.1, -0.05) is 12.1 Å². The number of fused-ring (bicyclic) bond motifs is 1. The number of benzene rings is 2. The molecule has 2 aromatic rings. The third-order valence-corrected chi connectivity index (χ3v) is 5.01. The molecule has 1 aliphatic carbocycles. The molecule has 0 aliphatic heterocycles. The van der Waals surface area contributed by atoms with Gasteiger partial charge in [-0.2, -0.15) is 0 Å². The van der Waals surface area contributed by atoms with Crippen LogP contribution in [0, 0.1) is 0 Å². The Labute approximate surface area is 159 Å². The second-order valence-corrected chi connectivity index (χ2v) is 6.90. The fraction of sp³-hybridized carbons (Fsp3) is 0.381. The van der Waals surface area contributed by atoms with Crippen molar-refractivity contribution in [1.29, 1.82) is 0 Å². The fourth-order valence-electron chi connectivity index (χ4n) is 3.49. The maximum absolute atomic E-state index is 12.5. The van der Waals surface area contributed by atoms with Gasteiger partial charge in [0.1, 0.15) is 5.75 Å². The van der Waals surface area contributed by atoms with Crippen molar-refractivity contribution in [2.75, 3.05) is 14.2 Å². The van der Waals surface area contributed by atoms with Crippen LogP contribution in [0.4, 0.5) is 0 Å². The number of hydrogen-bond acceptors (Lipinski definition) is 5. The molecule has 0 bridgehead atoms. The summed E-state index contributed by atoms with van der Waals surface area (Å²) >= 11 is 0. The van der Waals surface area contributed by atoms with Crippen LogP contribution in [0.15, 0.2) is 36.4 Å². The van der Waals surface area contributed by atoms with Crippen molar-refractivity contribution in [2.24, 2.45) is 5.73 Å². The Morgan fingerprint density at radius 3 is 2.44 bits per heavy atom. The first-order valence-electron chi connectivity index (χ1n) is 9.07. The van der Waals surface area contributed by atoms with Gasteiger partial charge >= 0.3 is 0 Å². The van der Waals surface area contributed by atoms with Gasteiger partial charge in [0.15, 0.2) is 11.5 Å². The highest BCUT2D eigenvalue weighted by Crippen LogP contribution is 2.34. The molecular weight excluding hydrogens is 344 g/mol. The Balaban J connectivity index is 1.61. The zero-order chi connectivity index (χ0) is 19.4. The molecule has 3 rings (SSSR count). The van der Waals surface area contributed by atoms with Gasteiger partial charge in [-0.05, 0) is 66.6 Å². The number of ether oxygens (including phenoxy) is 2.